The molecule has 11 heteroatoms. The summed E-state index contributed by atoms with van der Waals surface area (Å²) in [6.45, 7) is 2.82. The van der Waals surface area contributed by atoms with Gasteiger partial charge in [-0.2, -0.15) is 10.2 Å². The van der Waals surface area contributed by atoms with Crippen LogP contribution in [0.1, 0.15) is 19.4 Å². The van der Waals surface area contributed by atoms with Gasteiger partial charge in [-0.25, -0.2) is 17.6 Å². The minimum atomic E-state index is -1.76. The van der Waals surface area contributed by atoms with Crippen LogP contribution in [0.2, 0.25) is 0 Å². The fourth-order valence-electron chi connectivity index (χ4n) is 2.42. The van der Waals surface area contributed by atoms with Crippen molar-refractivity contribution in [1.29, 1.82) is 0 Å². The largest absolute Gasteiger partial charge is 0.321 e. The molecule has 6 nitrogen and oxygen atoms in total. The van der Waals surface area contributed by atoms with Crippen LogP contribution < -0.4 is 5.32 Å². The first-order valence-corrected chi connectivity index (χ1v) is 8.75. The van der Waals surface area contributed by atoms with Gasteiger partial charge < -0.3 is 5.32 Å². The van der Waals surface area contributed by atoms with Gasteiger partial charge >= 0.3 is 0 Å². The topological polar surface area (TPSA) is 64.7 Å². The summed E-state index contributed by atoms with van der Waals surface area (Å²) in [6.07, 6.45) is 5.76. The molecule has 0 fully saturated rings. The van der Waals surface area contributed by atoms with Gasteiger partial charge in [-0.05, 0) is 29.8 Å². The lowest BCUT2D eigenvalue weighted by molar-refractivity contribution is -0.123. The van der Waals surface area contributed by atoms with Crippen molar-refractivity contribution < 1.29 is 22.4 Å². The van der Waals surface area contributed by atoms with Crippen LogP contribution in [-0.2, 0) is 16.9 Å². The molecule has 1 amide bonds. The number of hydrogen-bond acceptors (Lipinski definition) is 3. The smallest absolute Gasteiger partial charge is 0.251 e. The zero-order valence-electron chi connectivity index (χ0n) is 14.7. The SMILES string of the molecule is CC(C)(C(=O)Nc1cnn(Cc2c(F)cc(F)c(F)c2F)c1)n1cc(Br)cn1. The van der Waals surface area contributed by atoms with Gasteiger partial charge in [-0.15, -0.1) is 0 Å². The van der Waals surface area contributed by atoms with E-state index in [0.717, 1.165) is 4.68 Å². The van der Waals surface area contributed by atoms with Crippen molar-refractivity contribution in [3.05, 3.63) is 64.2 Å². The third-order valence-electron chi connectivity index (χ3n) is 4.10. The summed E-state index contributed by atoms with van der Waals surface area (Å²) in [5, 5.41) is 10.6. The van der Waals surface area contributed by atoms with Crippen molar-refractivity contribution >= 4 is 27.5 Å². The molecule has 0 radical (unpaired) electrons. The van der Waals surface area contributed by atoms with Crippen LogP contribution in [0.5, 0.6) is 0 Å². The molecule has 28 heavy (non-hydrogen) atoms. The highest BCUT2D eigenvalue weighted by atomic mass is 79.9. The predicted octanol–water partition coefficient (Wildman–Crippen LogP) is 3.82. The fraction of sp³-hybridized carbons (Fsp3) is 0.235. The monoisotopic (exact) mass is 459 g/mol. The quantitative estimate of drug-likeness (QED) is 0.358. The number of nitrogens with zero attached hydrogens (tertiary/aromatic N) is 4. The van der Waals surface area contributed by atoms with Crippen LogP contribution in [0, 0.1) is 23.3 Å². The maximum absolute atomic E-state index is 13.8. The Morgan fingerprint density at radius 3 is 2.46 bits per heavy atom. The van der Waals surface area contributed by atoms with E-state index in [-0.39, 0.29) is 11.8 Å². The summed E-state index contributed by atoms with van der Waals surface area (Å²) in [4.78, 5) is 12.6. The van der Waals surface area contributed by atoms with Crippen LogP contribution >= 0.6 is 15.9 Å². The Hall–Kier alpha value is -2.69. The van der Waals surface area contributed by atoms with E-state index in [2.05, 4.69) is 31.4 Å². The Kier molecular flexibility index (Phi) is 5.28. The van der Waals surface area contributed by atoms with Crippen LogP contribution in [0.4, 0.5) is 23.2 Å². The van der Waals surface area contributed by atoms with Crippen molar-refractivity contribution in [2.24, 2.45) is 0 Å². The average Bonchev–Trinajstić information content (AvgIpc) is 3.26. The van der Waals surface area contributed by atoms with Gasteiger partial charge in [0, 0.05) is 24.0 Å². The number of halogens is 5. The summed E-state index contributed by atoms with van der Waals surface area (Å²) in [5.41, 5.74) is -1.46. The lowest BCUT2D eigenvalue weighted by atomic mass is 10.1. The zero-order chi connectivity index (χ0) is 20.6. The fourth-order valence-corrected chi connectivity index (χ4v) is 2.71. The van der Waals surface area contributed by atoms with Crippen molar-refractivity contribution in [2.45, 2.75) is 25.9 Å². The van der Waals surface area contributed by atoms with Crippen molar-refractivity contribution in [3.8, 4) is 0 Å². The van der Waals surface area contributed by atoms with Gasteiger partial charge in [0.1, 0.15) is 11.4 Å². The summed E-state index contributed by atoms with van der Waals surface area (Å²) in [6, 6.07) is 0.269. The molecule has 0 saturated heterocycles. The number of aromatic nitrogens is 4. The number of carbonyl (C=O) groups excluding carboxylic acids is 1. The first kappa shape index (κ1) is 20.1. The second kappa shape index (κ2) is 7.38. The van der Waals surface area contributed by atoms with Crippen LogP contribution in [0.3, 0.4) is 0 Å². The van der Waals surface area contributed by atoms with Gasteiger partial charge in [0.25, 0.3) is 5.91 Å². The molecule has 0 saturated carbocycles. The molecule has 2 heterocycles. The van der Waals surface area contributed by atoms with Gasteiger partial charge in [-0.1, -0.05) is 0 Å². The maximum Gasteiger partial charge on any atom is 0.251 e. The third kappa shape index (κ3) is 3.79. The molecular formula is C17H14BrF4N5O. The van der Waals surface area contributed by atoms with Crippen LogP contribution in [-0.4, -0.2) is 25.5 Å². The lowest BCUT2D eigenvalue weighted by Crippen LogP contribution is -2.40. The summed E-state index contributed by atoms with van der Waals surface area (Å²) in [5.74, 6) is -6.64. The zero-order valence-corrected chi connectivity index (χ0v) is 16.3. The number of hydrogen-bond donors (Lipinski definition) is 1. The molecule has 3 rings (SSSR count). The van der Waals surface area contributed by atoms with Gasteiger partial charge in [0.2, 0.25) is 0 Å². The minimum absolute atomic E-state index is 0.257. The number of benzene rings is 1. The Labute approximate surface area is 165 Å². The Morgan fingerprint density at radius 1 is 1.11 bits per heavy atom. The van der Waals surface area contributed by atoms with E-state index in [0.29, 0.717) is 4.47 Å². The highest BCUT2D eigenvalue weighted by molar-refractivity contribution is 9.10. The number of rotatable bonds is 5. The van der Waals surface area contributed by atoms with E-state index < -0.39 is 46.8 Å². The molecule has 1 N–H and O–H groups in total. The Morgan fingerprint density at radius 2 is 1.82 bits per heavy atom. The molecule has 148 valence electrons. The lowest BCUT2D eigenvalue weighted by Gasteiger charge is -2.23. The minimum Gasteiger partial charge on any atom is -0.321 e. The molecule has 1 aromatic carbocycles. The summed E-state index contributed by atoms with van der Waals surface area (Å²) >= 11 is 3.26. The summed E-state index contributed by atoms with van der Waals surface area (Å²) < 4.78 is 57.2. The van der Waals surface area contributed by atoms with E-state index in [4.69, 9.17) is 0 Å². The molecule has 0 aliphatic rings. The molecule has 0 spiro atoms. The molecule has 0 bridgehead atoms. The van der Waals surface area contributed by atoms with E-state index in [1.807, 2.05) is 0 Å². The number of anilines is 1. The van der Waals surface area contributed by atoms with Crippen LogP contribution in [0.25, 0.3) is 0 Å². The van der Waals surface area contributed by atoms with E-state index >= 15 is 0 Å². The van der Waals surface area contributed by atoms with Crippen molar-refractivity contribution in [2.75, 3.05) is 5.32 Å². The van der Waals surface area contributed by atoms with Crippen molar-refractivity contribution in [1.82, 2.24) is 19.6 Å². The molecule has 0 unspecified atom stereocenters. The van der Waals surface area contributed by atoms with Gasteiger partial charge in [0.15, 0.2) is 17.5 Å². The van der Waals surface area contributed by atoms with Crippen molar-refractivity contribution in [3.63, 3.8) is 0 Å². The first-order chi connectivity index (χ1) is 13.1. The van der Waals surface area contributed by atoms with E-state index in [9.17, 15) is 22.4 Å². The second-order valence-corrected chi connectivity index (χ2v) is 7.41. The summed E-state index contributed by atoms with van der Waals surface area (Å²) in [7, 11) is 0. The predicted molar refractivity (Wildman–Crippen MR) is 95.5 cm³/mol. The normalized spacial score (nSPS) is 11.7. The first-order valence-electron chi connectivity index (χ1n) is 7.96. The molecule has 0 aliphatic heterocycles. The van der Waals surface area contributed by atoms with Gasteiger partial charge in [0.05, 0.1) is 29.1 Å². The highest BCUT2D eigenvalue weighted by Gasteiger charge is 2.31. The number of carbonyl (C=O) groups is 1. The molecule has 0 aliphatic carbocycles. The molecule has 0 atom stereocenters. The number of nitrogens with one attached hydrogen (secondary N) is 1. The highest BCUT2D eigenvalue weighted by Crippen LogP contribution is 2.22. The van der Waals surface area contributed by atoms with E-state index in [1.165, 1.54) is 23.3 Å². The second-order valence-electron chi connectivity index (χ2n) is 6.49. The maximum atomic E-state index is 13.8. The molecular weight excluding hydrogens is 446 g/mol. The van der Waals surface area contributed by atoms with Crippen LogP contribution in [0.15, 0.2) is 35.3 Å². The Balaban J connectivity index is 1.76. The standard InChI is InChI=1S/C17H14BrF4N5O/c1-17(2,27-6-9(18)4-24-27)16(28)25-10-5-23-26(7-10)8-11-12(19)3-13(20)15(22)14(11)21/h3-7H,8H2,1-2H3,(H,25,28). The third-order valence-corrected chi connectivity index (χ3v) is 4.51. The van der Waals surface area contributed by atoms with Gasteiger partial charge in [-0.3, -0.25) is 14.2 Å². The average molecular weight is 460 g/mol. The van der Waals surface area contributed by atoms with E-state index in [1.54, 1.807) is 20.0 Å². The molecule has 3 aromatic rings. The number of amides is 1. The molecule has 2 aromatic heterocycles. The Bertz CT molecular complexity index is 1050.